The topological polar surface area (TPSA) is 138 Å². The van der Waals surface area contributed by atoms with Gasteiger partial charge >= 0.3 is 6.09 Å². The fourth-order valence-corrected chi connectivity index (χ4v) is 4.49. The number of benzene rings is 1. The van der Waals surface area contributed by atoms with E-state index in [2.05, 4.69) is 44.1 Å². The summed E-state index contributed by atoms with van der Waals surface area (Å²) in [4.78, 5) is 32.6. The van der Waals surface area contributed by atoms with Crippen molar-refractivity contribution in [3.63, 3.8) is 0 Å². The monoisotopic (exact) mass is 498 g/mol. The first kappa shape index (κ1) is 24.2. The standard InChI is InChI=1S/C27H26N6O4/c28-13-18-7-8-22(30-15-18)19-4-1-3-17(11-19)14-29-20-5-2-6-21(12-20)37-27(35)32-24-10-9-23-26(31-24)33-25(34)16-36-23/h1,3-4,7-11,15,20-21,29H,2,5-6,12,14,16H2,(H2,31,32,33,34,35)/t20?,21-/m1/s1. The van der Waals surface area contributed by atoms with E-state index < -0.39 is 6.09 Å². The number of fused-ring (bicyclic) bond motifs is 1. The lowest BCUT2D eigenvalue weighted by Crippen LogP contribution is -2.38. The van der Waals surface area contributed by atoms with Crippen molar-refractivity contribution >= 4 is 23.6 Å². The highest BCUT2D eigenvalue weighted by molar-refractivity contribution is 5.94. The van der Waals surface area contributed by atoms with E-state index in [0.29, 0.717) is 24.3 Å². The van der Waals surface area contributed by atoms with Crippen molar-refractivity contribution in [1.29, 1.82) is 5.26 Å². The molecule has 1 aromatic carbocycles. The molecule has 2 atom stereocenters. The van der Waals surface area contributed by atoms with Gasteiger partial charge in [-0.25, -0.2) is 9.78 Å². The van der Waals surface area contributed by atoms with Crippen molar-refractivity contribution in [3.8, 4) is 23.1 Å². The van der Waals surface area contributed by atoms with Crippen LogP contribution in [0.1, 0.15) is 36.8 Å². The number of pyridine rings is 2. The average Bonchev–Trinajstić information content (AvgIpc) is 2.92. The highest BCUT2D eigenvalue weighted by atomic mass is 16.6. The second-order valence-electron chi connectivity index (χ2n) is 9.02. The highest BCUT2D eigenvalue weighted by Gasteiger charge is 2.25. The van der Waals surface area contributed by atoms with E-state index in [1.165, 1.54) is 0 Å². The van der Waals surface area contributed by atoms with Crippen LogP contribution in [0.4, 0.5) is 16.4 Å². The summed E-state index contributed by atoms with van der Waals surface area (Å²) in [6.07, 6.45) is 4.26. The number of hydrogen-bond acceptors (Lipinski definition) is 8. The number of amides is 2. The van der Waals surface area contributed by atoms with E-state index in [4.69, 9.17) is 14.7 Å². The quantitative estimate of drug-likeness (QED) is 0.464. The summed E-state index contributed by atoms with van der Waals surface area (Å²) in [6.45, 7) is 0.626. The first-order chi connectivity index (χ1) is 18.1. The molecule has 0 bridgehead atoms. The van der Waals surface area contributed by atoms with Crippen LogP contribution in [-0.4, -0.2) is 40.7 Å². The van der Waals surface area contributed by atoms with Crippen LogP contribution in [0.3, 0.4) is 0 Å². The second-order valence-corrected chi connectivity index (χ2v) is 9.02. The average molecular weight is 499 g/mol. The van der Waals surface area contributed by atoms with Crippen molar-refractivity contribution in [3.05, 3.63) is 65.9 Å². The van der Waals surface area contributed by atoms with Crippen LogP contribution in [0.2, 0.25) is 0 Å². The Bertz CT molecular complexity index is 1340. The lowest BCUT2D eigenvalue weighted by molar-refractivity contribution is -0.118. The van der Waals surface area contributed by atoms with E-state index in [1.54, 1.807) is 24.4 Å². The van der Waals surface area contributed by atoms with Gasteiger partial charge in [0.25, 0.3) is 5.91 Å². The van der Waals surface area contributed by atoms with Gasteiger partial charge in [0.2, 0.25) is 0 Å². The maximum absolute atomic E-state index is 12.5. The van der Waals surface area contributed by atoms with Gasteiger partial charge in [0.15, 0.2) is 18.2 Å². The zero-order valence-corrected chi connectivity index (χ0v) is 20.1. The second kappa shape index (κ2) is 11.1. The molecule has 1 aliphatic carbocycles. The lowest BCUT2D eigenvalue weighted by Gasteiger charge is -2.29. The smallest absolute Gasteiger partial charge is 0.413 e. The number of carbonyl (C=O) groups is 2. The Morgan fingerprint density at radius 1 is 1.22 bits per heavy atom. The number of nitriles is 1. The number of nitrogens with one attached hydrogen (secondary N) is 3. The van der Waals surface area contributed by atoms with E-state index in [0.717, 1.165) is 36.1 Å². The van der Waals surface area contributed by atoms with Crippen LogP contribution in [0.15, 0.2) is 54.7 Å². The minimum atomic E-state index is -0.580. The Morgan fingerprint density at radius 2 is 2.14 bits per heavy atom. The molecule has 37 heavy (non-hydrogen) atoms. The molecule has 2 amide bonds. The van der Waals surface area contributed by atoms with Gasteiger partial charge in [0, 0.05) is 24.3 Å². The molecule has 3 heterocycles. The van der Waals surface area contributed by atoms with Crippen LogP contribution in [0.5, 0.6) is 5.75 Å². The number of anilines is 2. The van der Waals surface area contributed by atoms with Gasteiger partial charge < -0.3 is 20.1 Å². The Labute approximate surface area is 214 Å². The molecule has 188 valence electrons. The molecule has 1 unspecified atom stereocenters. The van der Waals surface area contributed by atoms with Gasteiger partial charge in [-0.2, -0.15) is 5.26 Å². The Hall–Kier alpha value is -4.49. The van der Waals surface area contributed by atoms with Crippen LogP contribution in [0.25, 0.3) is 11.3 Å². The molecule has 5 rings (SSSR count). The Kier molecular flexibility index (Phi) is 7.23. The SMILES string of the molecule is N#Cc1ccc(-c2cccc(CNC3CCC[C@@H](OC(=O)Nc4ccc5c(n4)NC(=O)CO5)C3)c2)nc1. The van der Waals surface area contributed by atoms with E-state index in [9.17, 15) is 9.59 Å². The molecule has 2 aliphatic rings. The van der Waals surface area contributed by atoms with Crippen molar-refractivity contribution in [2.45, 2.75) is 44.4 Å². The summed E-state index contributed by atoms with van der Waals surface area (Å²) in [6, 6.07) is 17.3. The van der Waals surface area contributed by atoms with Gasteiger partial charge in [-0.1, -0.05) is 18.2 Å². The number of hydrogen-bond donors (Lipinski definition) is 3. The molecule has 3 aromatic rings. The van der Waals surface area contributed by atoms with Gasteiger partial charge in [0.05, 0.1) is 11.3 Å². The zero-order chi connectivity index (χ0) is 25.6. The summed E-state index contributed by atoms with van der Waals surface area (Å²) >= 11 is 0. The minimum absolute atomic E-state index is 0.0554. The number of nitrogens with zero attached hydrogens (tertiary/aromatic N) is 3. The third-order valence-corrected chi connectivity index (χ3v) is 6.31. The van der Waals surface area contributed by atoms with Crippen molar-refractivity contribution < 1.29 is 19.1 Å². The molecule has 0 spiro atoms. The summed E-state index contributed by atoms with van der Waals surface area (Å²) < 4.78 is 10.9. The fourth-order valence-electron chi connectivity index (χ4n) is 4.49. The first-order valence-corrected chi connectivity index (χ1v) is 12.2. The number of aromatic nitrogens is 2. The number of carbonyl (C=O) groups excluding carboxylic acids is 2. The zero-order valence-electron chi connectivity index (χ0n) is 20.1. The maximum atomic E-state index is 12.5. The molecule has 0 radical (unpaired) electrons. The maximum Gasteiger partial charge on any atom is 0.413 e. The summed E-state index contributed by atoms with van der Waals surface area (Å²) in [5.74, 6) is 0.711. The summed E-state index contributed by atoms with van der Waals surface area (Å²) in [7, 11) is 0. The molecule has 3 N–H and O–H groups in total. The van der Waals surface area contributed by atoms with Crippen LogP contribution in [-0.2, 0) is 16.1 Å². The first-order valence-electron chi connectivity index (χ1n) is 12.2. The molecule has 1 fully saturated rings. The van der Waals surface area contributed by atoms with Crippen LogP contribution in [0, 0.1) is 11.3 Å². The number of rotatable bonds is 6. The predicted molar refractivity (Wildman–Crippen MR) is 136 cm³/mol. The van der Waals surface area contributed by atoms with Gasteiger partial charge in [-0.15, -0.1) is 0 Å². The van der Waals surface area contributed by atoms with Crippen molar-refractivity contribution in [2.75, 3.05) is 17.2 Å². The lowest BCUT2D eigenvalue weighted by atomic mass is 9.92. The molecule has 10 heteroatoms. The summed E-state index contributed by atoms with van der Waals surface area (Å²) in [5, 5.41) is 17.8. The van der Waals surface area contributed by atoms with E-state index in [1.807, 2.05) is 18.2 Å². The minimum Gasteiger partial charge on any atom is -0.480 e. The Balaban J connectivity index is 1.12. The molecule has 1 saturated carbocycles. The highest BCUT2D eigenvalue weighted by Crippen LogP contribution is 2.27. The predicted octanol–water partition coefficient (Wildman–Crippen LogP) is 4.00. The molecule has 1 aliphatic heterocycles. The van der Waals surface area contributed by atoms with Gasteiger partial charge in [-0.3, -0.25) is 15.1 Å². The number of ether oxygens (including phenoxy) is 2. The van der Waals surface area contributed by atoms with Gasteiger partial charge in [0.1, 0.15) is 18.0 Å². The van der Waals surface area contributed by atoms with Crippen LogP contribution >= 0.6 is 0 Å². The third kappa shape index (κ3) is 6.20. The normalized spacial score (nSPS) is 18.5. The van der Waals surface area contributed by atoms with E-state index in [-0.39, 0.29) is 36.3 Å². The molecule has 10 nitrogen and oxygen atoms in total. The fraction of sp³-hybridized carbons (Fsp3) is 0.296. The summed E-state index contributed by atoms with van der Waals surface area (Å²) in [5.41, 5.74) is 3.47. The molecule has 0 saturated heterocycles. The van der Waals surface area contributed by atoms with Crippen molar-refractivity contribution in [1.82, 2.24) is 15.3 Å². The largest absolute Gasteiger partial charge is 0.480 e. The Morgan fingerprint density at radius 3 is 2.97 bits per heavy atom. The molecule has 2 aromatic heterocycles. The molecular weight excluding hydrogens is 472 g/mol. The van der Waals surface area contributed by atoms with Gasteiger partial charge in [-0.05, 0) is 61.6 Å². The van der Waals surface area contributed by atoms with E-state index >= 15 is 0 Å². The third-order valence-electron chi connectivity index (χ3n) is 6.31. The van der Waals surface area contributed by atoms with Crippen LogP contribution < -0.4 is 20.7 Å². The molecular formula is C27H26N6O4. The van der Waals surface area contributed by atoms with Crippen molar-refractivity contribution in [2.24, 2.45) is 0 Å².